The first-order valence-corrected chi connectivity index (χ1v) is 9.62. The zero-order valence-electron chi connectivity index (χ0n) is 16.6. The lowest BCUT2D eigenvalue weighted by Crippen LogP contribution is -2.39. The third-order valence-electron chi connectivity index (χ3n) is 4.73. The SMILES string of the molecule is CC(C)(C)OC(=O)N1CCc2nn(-c3ccccc3)c(-c3ccccc3)c2C1. The summed E-state index contributed by atoms with van der Waals surface area (Å²) in [5.41, 5.74) is 4.77. The van der Waals surface area contributed by atoms with E-state index in [0.29, 0.717) is 19.5 Å². The van der Waals surface area contributed by atoms with Crippen LogP contribution in [0.1, 0.15) is 32.0 Å². The van der Waals surface area contributed by atoms with Crippen LogP contribution >= 0.6 is 0 Å². The van der Waals surface area contributed by atoms with Gasteiger partial charge in [0.1, 0.15) is 5.60 Å². The zero-order valence-corrected chi connectivity index (χ0v) is 16.6. The maximum atomic E-state index is 12.6. The van der Waals surface area contributed by atoms with Crippen LogP contribution in [0.3, 0.4) is 0 Å². The molecule has 0 saturated heterocycles. The van der Waals surface area contributed by atoms with Gasteiger partial charge >= 0.3 is 6.09 Å². The first-order valence-electron chi connectivity index (χ1n) is 9.62. The summed E-state index contributed by atoms with van der Waals surface area (Å²) in [5.74, 6) is 0. The van der Waals surface area contributed by atoms with Crippen molar-refractivity contribution < 1.29 is 9.53 Å². The molecule has 2 heterocycles. The third kappa shape index (κ3) is 3.65. The number of rotatable bonds is 2. The fourth-order valence-corrected chi connectivity index (χ4v) is 3.50. The predicted octanol–water partition coefficient (Wildman–Crippen LogP) is 4.83. The Balaban J connectivity index is 1.77. The highest BCUT2D eigenvalue weighted by molar-refractivity contribution is 5.72. The molecule has 0 spiro atoms. The molecule has 0 bridgehead atoms. The molecule has 0 radical (unpaired) electrons. The Morgan fingerprint density at radius 1 is 1.00 bits per heavy atom. The maximum absolute atomic E-state index is 12.6. The molecular weight excluding hydrogens is 350 g/mol. The molecule has 1 aliphatic heterocycles. The highest BCUT2D eigenvalue weighted by Crippen LogP contribution is 2.33. The summed E-state index contributed by atoms with van der Waals surface area (Å²) in [6.07, 6.45) is 0.443. The molecule has 0 fully saturated rings. The number of hydrogen-bond acceptors (Lipinski definition) is 3. The van der Waals surface area contributed by atoms with Gasteiger partial charge in [-0.05, 0) is 32.9 Å². The number of hydrogen-bond donors (Lipinski definition) is 0. The van der Waals surface area contributed by atoms with E-state index in [1.807, 2.05) is 61.9 Å². The number of carbonyl (C=O) groups excluding carboxylic acids is 1. The van der Waals surface area contributed by atoms with E-state index in [4.69, 9.17) is 9.84 Å². The Morgan fingerprint density at radius 2 is 1.64 bits per heavy atom. The third-order valence-corrected chi connectivity index (χ3v) is 4.73. The van der Waals surface area contributed by atoms with Gasteiger partial charge in [-0.3, -0.25) is 0 Å². The molecule has 28 heavy (non-hydrogen) atoms. The van der Waals surface area contributed by atoms with Crippen molar-refractivity contribution >= 4 is 6.09 Å². The van der Waals surface area contributed by atoms with E-state index in [-0.39, 0.29) is 6.09 Å². The van der Waals surface area contributed by atoms with Crippen LogP contribution in [0, 0.1) is 0 Å². The minimum Gasteiger partial charge on any atom is -0.444 e. The second kappa shape index (κ2) is 7.15. The quantitative estimate of drug-likeness (QED) is 0.644. The van der Waals surface area contributed by atoms with E-state index in [2.05, 4.69) is 24.3 Å². The van der Waals surface area contributed by atoms with Gasteiger partial charge in [0.05, 0.1) is 23.6 Å². The number of fused-ring (bicyclic) bond motifs is 1. The van der Waals surface area contributed by atoms with Crippen molar-refractivity contribution in [2.24, 2.45) is 0 Å². The molecular formula is C23H25N3O2. The molecule has 1 aromatic heterocycles. The molecule has 144 valence electrons. The maximum Gasteiger partial charge on any atom is 0.410 e. The molecule has 0 N–H and O–H groups in total. The zero-order chi connectivity index (χ0) is 19.7. The Labute approximate surface area is 165 Å². The Bertz CT molecular complexity index is 972. The van der Waals surface area contributed by atoms with Gasteiger partial charge in [-0.1, -0.05) is 48.5 Å². The van der Waals surface area contributed by atoms with Crippen LogP contribution in [-0.2, 0) is 17.7 Å². The van der Waals surface area contributed by atoms with Crippen molar-refractivity contribution in [2.75, 3.05) is 6.54 Å². The number of ether oxygens (including phenoxy) is 1. The standard InChI is InChI=1S/C23H25N3O2/c1-23(2,3)28-22(27)25-15-14-20-19(16-25)21(17-10-6-4-7-11-17)26(24-20)18-12-8-5-9-13-18/h4-13H,14-16H2,1-3H3. The van der Waals surface area contributed by atoms with E-state index in [1.54, 1.807) is 4.90 Å². The summed E-state index contributed by atoms with van der Waals surface area (Å²) < 4.78 is 7.59. The lowest BCUT2D eigenvalue weighted by Gasteiger charge is -2.30. The first-order chi connectivity index (χ1) is 13.4. The molecule has 3 aromatic rings. The monoisotopic (exact) mass is 375 g/mol. The number of benzene rings is 2. The second-order valence-corrected chi connectivity index (χ2v) is 8.04. The summed E-state index contributed by atoms with van der Waals surface area (Å²) >= 11 is 0. The van der Waals surface area contributed by atoms with Gasteiger partial charge in [0.2, 0.25) is 0 Å². The van der Waals surface area contributed by atoms with Gasteiger partial charge in [0, 0.05) is 24.1 Å². The van der Waals surface area contributed by atoms with Gasteiger partial charge in [0.15, 0.2) is 0 Å². The lowest BCUT2D eigenvalue weighted by molar-refractivity contribution is 0.0224. The highest BCUT2D eigenvalue weighted by atomic mass is 16.6. The minimum atomic E-state index is -0.506. The van der Waals surface area contributed by atoms with Crippen molar-refractivity contribution in [2.45, 2.75) is 39.3 Å². The van der Waals surface area contributed by atoms with Crippen LogP contribution in [0.2, 0.25) is 0 Å². The first kappa shape index (κ1) is 18.3. The van der Waals surface area contributed by atoms with Crippen LogP contribution in [0.15, 0.2) is 60.7 Å². The van der Waals surface area contributed by atoms with Crippen molar-refractivity contribution in [1.82, 2.24) is 14.7 Å². The van der Waals surface area contributed by atoms with E-state index in [1.165, 1.54) is 0 Å². The molecule has 4 rings (SSSR count). The smallest absolute Gasteiger partial charge is 0.410 e. The molecule has 2 aromatic carbocycles. The largest absolute Gasteiger partial charge is 0.444 e. The van der Waals surface area contributed by atoms with Gasteiger partial charge in [-0.2, -0.15) is 5.10 Å². The molecule has 1 aliphatic rings. The average molecular weight is 375 g/mol. The summed E-state index contributed by atoms with van der Waals surface area (Å²) in [4.78, 5) is 14.4. The number of aromatic nitrogens is 2. The average Bonchev–Trinajstić information content (AvgIpc) is 3.06. The molecule has 5 nitrogen and oxygen atoms in total. The predicted molar refractivity (Wildman–Crippen MR) is 109 cm³/mol. The van der Waals surface area contributed by atoms with Crippen LogP contribution in [0.5, 0.6) is 0 Å². The van der Waals surface area contributed by atoms with E-state index >= 15 is 0 Å². The molecule has 0 atom stereocenters. The summed E-state index contributed by atoms with van der Waals surface area (Å²) in [7, 11) is 0. The Kier molecular flexibility index (Phi) is 4.67. The Morgan fingerprint density at radius 3 is 2.29 bits per heavy atom. The number of para-hydroxylation sites is 1. The van der Waals surface area contributed by atoms with Crippen LogP contribution < -0.4 is 0 Å². The second-order valence-electron chi connectivity index (χ2n) is 8.04. The molecule has 0 unspecified atom stereocenters. The van der Waals surface area contributed by atoms with Gasteiger partial charge < -0.3 is 9.64 Å². The molecule has 0 aliphatic carbocycles. The van der Waals surface area contributed by atoms with E-state index in [0.717, 1.165) is 28.2 Å². The number of carbonyl (C=O) groups is 1. The van der Waals surface area contributed by atoms with Crippen LogP contribution in [0.25, 0.3) is 16.9 Å². The molecule has 1 amide bonds. The fourth-order valence-electron chi connectivity index (χ4n) is 3.50. The van der Waals surface area contributed by atoms with E-state index in [9.17, 15) is 4.79 Å². The lowest BCUT2D eigenvalue weighted by atomic mass is 10.0. The fraction of sp³-hybridized carbons (Fsp3) is 0.304. The molecule has 5 heteroatoms. The van der Waals surface area contributed by atoms with Crippen molar-refractivity contribution in [3.05, 3.63) is 71.9 Å². The normalized spacial score (nSPS) is 13.9. The highest BCUT2D eigenvalue weighted by Gasteiger charge is 2.30. The molecule has 0 saturated carbocycles. The van der Waals surface area contributed by atoms with Crippen LogP contribution in [-0.4, -0.2) is 32.9 Å². The summed E-state index contributed by atoms with van der Waals surface area (Å²) in [6.45, 7) is 6.79. The van der Waals surface area contributed by atoms with Crippen LogP contribution in [0.4, 0.5) is 4.79 Å². The van der Waals surface area contributed by atoms with E-state index < -0.39 is 5.60 Å². The summed E-state index contributed by atoms with van der Waals surface area (Å²) in [5, 5.41) is 4.90. The van der Waals surface area contributed by atoms with Crippen molar-refractivity contribution in [3.63, 3.8) is 0 Å². The van der Waals surface area contributed by atoms with Gasteiger partial charge in [0.25, 0.3) is 0 Å². The van der Waals surface area contributed by atoms with Crippen molar-refractivity contribution in [3.8, 4) is 16.9 Å². The number of nitrogens with zero attached hydrogens (tertiary/aromatic N) is 3. The Hall–Kier alpha value is -3.08. The van der Waals surface area contributed by atoms with Crippen molar-refractivity contribution in [1.29, 1.82) is 0 Å². The summed E-state index contributed by atoms with van der Waals surface area (Å²) in [6, 6.07) is 20.4. The topological polar surface area (TPSA) is 47.4 Å². The minimum absolute atomic E-state index is 0.273. The van der Waals surface area contributed by atoms with Gasteiger partial charge in [-0.25, -0.2) is 9.48 Å². The van der Waals surface area contributed by atoms with Gasteiger partial charge in [-0.15, -0.1) is 0 Å². The number of amides is 1.